The van der Waals surface area contributed by atoms with Crippen LogP contribution in [0, 0.1) is 10.1 Å². The van der Waals surface area contributed by atoms with Crippen molar-refractivity contribution < 1.29 is 9.66 Å². The van der Waals surface area contributed by atoms with Crippen LogP contribution in [-0.2, 0) is 0 Å². The highest BCUT2D eigenvalue weighted by Gasteiger charge is 2.14. The minimum atomic E-state index is -0.409. The van der Waals surface area contributed by atoms with Gasteiger partial charge in [0.05, 0.1) is 15.5 Å². The summed E-state index contributed by atoms with van der Waals surface area (Å²) in [6, 6.07) is 4.59. The molecule has 0 bridgehead atoms. The fourth-order valence-corrected chi connectivity index (χ4v) is 2.43. The highest BCUT2D eigenvalue weighted by molar-refractivity contribution is 9.10. The molecule has 0 N–H and O–H groups in total. The van der Waals surface area contributed by atoms with E-state index in [0.717, 1.165) is 23.7 Å². The first-order valence-corrected chi connectivity index (χ1v) is 7.23. The fourth-order valence-electron chi connectivity index (χ4n) is 2.09. The van der Waals surface area contributed by atoms with Crippen molar-refractivity contribution >= 4 is 21.6 Å². The monoisotopic (exact) mass is 325 g/mol. The van der Waals surface area contributed by atoms with Gasteiger partial charge in [-0.05, 0) is 53.8 Å². The molecule has 0 aliphatic heterocycles. The molecule has 4 nitrogen and oxygen atoms in total. The van der Waals surface area contributed by atoms with Crippen LogP contribution in [0.25, 0.3) is 0 Å². The zero-order valence-corrected chi connectivity index (χ0v) is 12.1. The molecule has 0 heterocycles. The second-order valence-corrected chi connectivity index (χ2v) is 5.45. The molecule has 102 valence electrons. The number of nitrogens with zero attached hydrogens (tertiary/aromatic N) is 1. The fraction of sp³-hybridized carbons (Fsp3) is 0.429. The van der Waals surface area contributed by atoms with E-state index >= 15 is 0 Å². The summed E-state index contributed by atoms with van der Waals surface area (Å²) in [7, 11) is 0. The molecule has 0 fully saturated rings. The van der Waals surface area contributed by atoms with Gasteiger partial charge in [0.2, 0.25) is 0 Å². The molecule has 0 saturated heterocycles. The predicted molar refractivity (Wildman–Crippen MR) is 77.4 cm³/mol. The molecule has 2 rings (SSSR count). The number of ether oxygens (including phenoxy) is 1. The average molecular weight is 326 g/mol. The molecule has 1 aromatic rings. The lowest BCUT2D eigenvalue weighted by atomic mass is 10.0. The predicted octanol–water partition coefficient (Wildman–Crippen LogP) is 4.63. The number of nitro groups is 1. The Hall–Kier alpha value is -1.36. The van der Waals surface area contributed by atoms with Crippen LogP contribution in [0.4, 0.5) is 5.69 Å². The Morgan fingerprint density at radius 2 is 2.16 bits per heavy atom. The lowest BCUT2D eigenvalue weighted by Crippen LogP contribution is -2.14. The Morgan fingerprint density at radius 3 is 2.95 bits per heavy atom. The van der Waals surface area contributed by atoms with Gasteiger partial charge in [-0.3, -0.25) is 10.1 Å². The Labute approximate surface area is 120 Å². The summed E-state index contributed by atoms with van der Waals surface area (Å²) in [5.74, 6) is 0.532. The van der Waals surface area contributed by atoms with Crippen LogP contribution in [-0.4, -0.2) is 11.0 Å². The smallest absolute Gasteiger partial charge is 0.273 e. The molecular weight excluding hydrogens is 310 g/mol. The van der Waals surface area contributed by atoms with Crippen LogP contribution in [0.1, 0.15) is 32.1 Å². The van der Waals surface area contributed by atoms with Crippen LogP contribution in [0.3, 0.4) is 0 Å². The van der Waals surface area contributed by atoms with Crippen LogP contribution >= 0.6 is 15.9 Å². The van der Waals surface area contributed by atoms with E-state index in [-0.39, 0.29) is 11.8 Å². The molecule has 1 atom stereocenters. The molecule has 0 saturated carbocycles. The zero-order chi connectivity index (χ0) is 13.7. The van der Waals surface area contributed by atoms with Crippen molar-refractivity contribution in [2.45, 2.75) is 38.2 Å². The van der Waals surface area contributed by atoms with E-state index in [1.807, 2.05) is 0 Å². The highest BCUT2D eigenvalue weighted by Crippen LogP contribution is 2.31. The lowest BCUT2D eigenvalue weighted by Gasteiger charge is -2.18. The normalized spacial score (nSPS) is 21.2. The summed E-state index contributed by atoms with van der Waals surface area (Å²) in [5, 5.41) is 10.8. The molecular formula is C14H16BrNO3. The van der Waals surface area contributed by atoms with E-state index < -0.39 is 4.92 Å². The number of hydrogen-bond acceptors (Lipinski definition) is 3. The third kappa shape index (κ3) is 4.06. The number of hydrogen-bond donors (Lipinski definition) is 0. The average Bonchev–Trinajstić information content (AvgIpc) is 2.34. The third-order valence-electron chi connectivity index (χ3n) is 3.11. The summed E-state index contributed by atoms with van der Waals surface area (Å²) < 4.78 is 6.62. The van der Waals surface area contributed by atoms with Gasteiger partial charge in [0, 0.05) is 6.07 Å². The minimum Gasteiger partial charge on any atom is -0.485 e. The zero-order valence-electron chi connectivity index (χ0n) is 10.5. The highest BCUT2D eigenvalue weighted by atomic mass is 79.9. The number of non-ortho nitro benzene ring substituents is 1. The summed E-state index contributed by atoms with van der Waals surface area (Å²) in [5.41, 5.74) is 0.0491. The van der Waals surface area contributed by atoms with E-state index in [0.29, 0.717) is 5.75 Å². The Balaban J connectivity index is 2.14. The van der Waals surface area contributed by atoms with Crippen molar-refractivity contribution in [2.24, 2.45) is 0 Å². The maximum Gasteiger partial charge on any atom is 0.273 e. The number of allylic oxidation sites excluding steroid dienone is 1. The van der Waals surface area contributed by atoms with Crippen molar-refractivity contribution in [2.75, 3.05) is 0 Å². The molecule has 1 aromatic carbocycles. The quantitative estimate of drug-likeness (QED) is 0.462. The van der Waals surface area contributed by atoms with Gasteiger partial charge in [-0.15, -0.1) is 0 Å². The summed E-state index contributed by atoms with van der Waals surface area (Å²) >= 11 is 3.37. The number of nitro benzene ring substituents is 1. The number of rotatable bonds is 3. The minimum absolute atomic E-state index is 0.00129. The van der Waals surface area contributed by atoms with E-state index in [1.165, 1.54) is 25.0 Å². The topological polar surface area (TPSA) is 52.4 Å². The Kier molecular flexibility index (Phi) is 4.96. The summed E-state index contributed by atoms with van der Waals surface area (Å²) in [6.45, 7) is 0. The molecule has 1 unspecified atom stereocenters. The van der Waals surface area contributed by atoms with E-state index in [2.05, 4.69) is 28.1 Å². The van der Waals surface area contributed by atoms with Crippen molar-refractivity contribution in [3.63, 3.8) is 0 Å². The largest absolute Gasteiger partial charge is 0.485 e. The van der Waals surface area contributed by atoms with Crippen LogP contribution < -0.4 is 4.74 Å². The van der Waals surface area contributed by atoms with E-state index in [1.54, 1.807) is 6.07 Å². The first kappa shape index (κ1) is 14.1. The van der Waals surface area contributed by atoms with E-state index in [9.17, 15) is 10.1 Å². The molecule has 1 aliphatic carbocycles. The van der Waals surface area contributed by atoms with Gasteiger partial charge in [-0.2, -0.15) is 0 Å². The third-order valence-corrected chi connectivity index (χ3v) is 3.77. The lowest BCUT2D eigenvalue weighted by molar-refractivity contribution is -0.385. The maximum atomic E-state index is 10.8. The van der Waals surface area contributed by atoms with Gasteiger partial charge in [-0.25, -0.2) is 0 Å². The Bertz CT molecular complexity index is 488. The second-order valence-electron chi connectivity index (χ2n) is 4.59. The first-order valence-electron chi connectivity index (χ1n) is 6.44. The van der Waals surface area contributed by atoms with Crippen molar-refractivity contribution in [1.82, 2.24) is 0 Å². The van der Waals surface area contributed by atoms with Crippen LogP contribution in [0.2, 0.25) is 0 Å². The standard InChI is InChI=1S/C14H16BrNO3/c15-13-9-8-11(16(17)18)10-14(13)19-12-6-4-2-1-3-5-7-12/h4,6,8-10,12H,1-3,5,7H2/b6-4+. The SMILES string of the molecule is O=[N+]([O-])c1ccc(Br)c(OC2/C=C/CCCCC2)c1. The second kappa shape index (κ2) is 6.70. The van der Waals surface area contributed by atoms with Gasteiger partial charge in [0.25, 0.3) is 5.69 Å². The van der Waals surface area contributed by atoms with Crippen molar-refractivity contribution in [1.29, 1.82) is 0 Å². The molecule has 0 aromatic heterocycles. The van der Waals surface area contributed by atoms with Crippen LogP contribution in [0.15, 0.2) is 34.8 Å². The molecule has 0 amide bonds. The molecule has 19 heavy (non-hydrogen) atoms. The summed E-state index contributed by atoms with van der Waals surface area (Å²) in [4.78, 5) is 10.4. The Morgan fingerprint density at radius 1 is 1.32 bits per heavy atom. The van der Waals surface area contributed by atoms with E-state index in [4.69, 9.17) is 4.74 Å². The summed E-state index contributed by atoms with van der Waals surface area (Å²) in [6.07, 6.45) is 9.78. The molecule has 5 heteroatoms. The van der Waals surface area contributed by atoms with Gasteiger partial charge in [0.15, 0.2) is 0 Å². The van der Waals surface area contributed by atoms with Crippen LogP contribution in [0.5, 0.6) is 5.75 Å². The van der Waals surface area contributed by atoms with Gasteiger partial charge in [-0.1, -0.05) is 12.5 Å². The molecule has 1 aliphatic rings. The number of benzene rings is 1. The van der Waals surface area contributed by atoms with Gasteiger partial charge >= 0.3 is 0 Å². The first-order chi connectivity index (χ1) is 9.16. The molecule has 0 spiro atoms. The number of halogens is 1. The maximum absolute atomic E-state index is 10.8. The van der Waals surface area contributed by atoms with Crippen molar-refractivity contribution in [3.05, 3.63) is 44.9 Å². The van der Waals surface area contributed by atoms with Crippen molar-refractivity contribution in [3.8, 4) is 5.75 Å². The van der Waals surface area contributed by atoms with Gasteiger partial charge in [0.1, 0.15) is 11.9 Å². The molecule has 0 radical (unpaired) electrons. The van der Waals surface area contributed by atoms with Gasteiger partial charge < -0.3 is 4.74 Å².